The summed E-state index contributed by atoms with van der Waals surface area (Å²) in [6.07, 6.45) is 0.193. The summed E-state index contributed by atoms with van der Waals surface area (Å²) in [5.74, 6) is -0.296. The third-order valence-electron chi connectivity index (χ3n) is 7.28. The van der Waals surface area contributed by atoms with Crippen molar-refractivity contribution >= 4 is 50.7 Å². The molecule has 0 radical (unpaired) electrons. The van der Waals surface area contributed by atoms with Crippen molar-refractivity contribution in [1.82, 2.24) is 10.2 Å². The average molecular weight is 683 g/mol. The highest BCUT2D eigenvalue weighted by atomic mass is 35.5. The third-order valence-corrected chi connectivity index (χ3v) is 9.66. The van der Waals surface area contributed by atoms with Crippen LogP contribution in [-0.4, -0.2) is 51.4 Å². The first-order chi connectivity index (χ1) is 22.0. The lowest BCUT2D eigenvalue weighted by Gasteiger charge is -2.34. The van der Waals surface area contributed by atoms with Crippen molar-refractivity contribution in [2.45, 2.75) is 37.8 Å². The van der Waals surface area contributed by atoms with E-state index in [1.165, 1.54) is 24.1 Å². The lowest BCUT2D eigenvalue weighted by atomic mass is 10.0. The summed E-state index contributed by atoms with van der Waals surface area (Å²) < 4.78 is 34.5. The summed E-state index contributed by atoms with van der Waals surface area (Å²) in [5.41, 5.74) is 1.68. The molecular formula is C35H37Cl2N3O5S. The van der Waals surface area contributed by atoms with Crippen LogP contribution in [0.5, 0.6) is 5.75 Å². The van der Waals surface area contributed by atoms with E-state index < -0.39 is 28.5 Å². The topological polar surface area (TPSA) is 96.0 Å². The number of methoxy groups -OCH3 is 1. The van der Waals surface area contributed by atoms with Gasteiger partial charge in [0.05, 0.1) is 17.7 Å². The molecule has 4 aromatic rings. The summed E-state index contributed by atoms with van der Waals surface area (Å²) in [6, 6.07) is 27.6. The molecule has 4 aromatic carbocycles. The van der Waals surface area contributed by atoms with Gasteiger partial charge in [-0.05, 0) is 65.6 Å². The van der Waals surface area contributed by atoms with E-state index in [1.807, 2.05) is 44.2 Å². The van der Waals surface area contributed by atoms with E-state index >= 15 is 0 Å². The first-order valence-corrected chi connectivity index (χ1v) is 17.0. The quantitative estimate of drug-likeness (QED) is 0.162. The zero-order valence-corrected chi connectivity index (χ0v) is 28.2. The van der Waals surface area contributed by atoms with Crippen LogP contribution in [0.2, 0.25) is 10.0 Å². The van der Waals surface area contributed by atoms with Crippen molar-refractivity contribution in [1.29, 1.82) is 0 Å². The second-order valence-electron chi connectivity index (χ2n) is 11.1. The van der Waals surface area contributed by atoms with E-state index in [2.05, 4.69) is 5.32 Å². The number of rotatable bonds is 14. The number of carbonyl (C=O) groups is 2. The van der Waals surface area contributed by atoms with Crippen molar-refractivity contribution in [3.8, 4) is 5.75 Å². The molecule has 4 rings (SSSR count). The van der Waals surface area contributed by atoms with Gasteiger partial charge in [0.2, 0.25) is 11.8 Å². The largest absolute Gasteiger partial charge is 0.497 e. The lowest BCUT2D eigenvalue weighted by Crippen LogP contribution is -2.53. The SMILES string of the molecule is COc1ccc(S(=O)(=O)N(CC(=O)N(Cc2ccc(Cl)cc2Cl)C(Cc2ccccc2)C(=O)NCC(C)C)c2ccccc2)cc1. The van der Waals surface area contributed by atoms with Crippen molar-refractivity contribution < 1.29 is 22.7 Å². The van der Waals surface area contributed by atoms with Gasteiger partial charge in [0.1, 0.15) is 18.3 Å². The normalized spacial score (nSPS) is 12.0. The molecule has 0 saturated carbocycles. The Morgan fingerprint density at radius 1 is 0.870 bits per heavy atom. The maximum atomic E-state index is 14.5. The van der Waals surface area contributed by atoms with E-state index in [4.69, 9.17) is 27.9 Å². The Morgan fingerprint density at radius 3 is 2.09 bits per heavy atom. The summed E-state index contributed by atoms with van der Waals surface area (Å²) in [6.45, 7) is 3.71. The Kier molecular flexibility index (Phi) is 12.1. The Morgan fingerprint density at radius 2 is 1.50 bits per heavy atom. The van der Waals surface area contributed by atoms with Crippen LogP contribution in [0.4, 0.5) is 5.69 Å². The van der Waals surface area contributed by atoms with Gasteiger partial charge in [-0.3, -0.25) is 13.9 Å². The molecule has 0 heterocycles. The third kappa shape index (κ3) is 9.02. The molecule has 0 saturated heterocycles. The Labute approximate surface area is 280 Å². The molecule has 0 fully saturated rings. The van der Waals surface area contributed by atoms with Gasteiger partial charge >= 0.3 is 0 Å². The number of sulfonamides is 1. The van der Waals surface area contributed by atoms with Crippen molar-refractivity contribution in [3.63, 3.8) is 0 Å². The van der Waals surface area contributed by atoms with E-state index in [0.717, 1.165) is 9.87 Å². The number of carbonyl (C=O) groups excluding carboxylic acids is 2. The minimum absolute atomic E-state index is 0.0206. The highest BCUT2D eigenvalue weighted by Gasteiger charge is 2.35. The lowest BCUT2D eigenvalue weighted by molar-refractivity contribution is -0.140. The molecule has 46 heavy (non-hydrogen) atoms. The minimum atomic E-state index is -4.23. The van der Waals surface area contributed by atoms with Gasteiger partial charge in [-0.25, -0.2) is 8.42 Å². The predicted molar refractivity (Wildman–Crippen MR) is 183 cm³/mol. The van der Waals surface area contributed by atoms with Crippen LogP contribution in [0.25, 0.3) is 0 Å². The van der Waals surface area contributed by atoms with Crippen LogP contribution in [-0.2, 0) is 32.6 Å². The van der Waals surface area contributed by atoms with Gasteiger partial charge in [0.25, 0.3) is 10.0 Å². The van der Waals surface area contributed by atoms with E-state index in [-0.39, 0.29) is 29.7 Å². The predicted octanol–water partition coefficient (Wildman–Crippen LogP) is 6.61. The summed E-state index contributed by atoms with van der Waals surface area (Å²) in [5, 5.41) is 3.70. The van der Waals surface area contributed by atoms with E-state index in [0.29, 0.717) is 33.6 Å². The number of amides is 2. The molecule has 1 unspecified atom stereocenters. The maximum Gasteiger partial charge on any atom is 0.264 e. The summed E-state index contributed by atoms with van der Waals surface area (Å²) in [7, 11) is -2.75. The van der Waals surface area contributed by atoms with Gasteiger partial charge in [0.15, 0.2) is 0 Å². The molecule has 1 atom stereocenters. The zero-order valence-electron chi connectivity index (χ0n) is 25.9. The molecule has 1 N–H and O–H groups in total. The van der Waals surface area contributed by atoms with Crippen LogP contribution < -0.4 is 14.4 Å². The number of hydrogen-bond donors (Lipinski definition) is 1. The fourth-order valence-corrected chi connectivity index (χ4v) is 6.69. The first kappa shape index (κ1) is 34.8. The number of hydrogen-bond acceptors (Lipinski definition) is 5. The number of nitrogens with zero attached hydrogens (tertiary/aromatic N) is 2. The van der Waals surface area contributed by atoms with Crippen LogP contribution >= 0.6 is 23.2 Å². The van der Waals surface area contributed by atoms with Crippen molar-refractivity contribution in [2.24, 2.45) is 5.92 Å². The molecule has 0 aliphatic carbocycles. The molecule has 0 aliphatic heterocycles. The zero-order chi connectivity index (χ0) is 33.3. The van der Waals surface area contributed by atoms with Crippen molar-refractivity contribution in [3.05, 3.63) is 124 Å². The molecule has 8 nitrogen and oxygen atoms in total. The molecule has 11 heteroatoms. The van der Waals surface area contributed by atoms with Crippen LogP contribution in [0.1, 0.15) is 25.0 Å². The Bertz CT molecular complexity index is 1720. The fourth-order valence-electron chi connectivity index (χ4n) is 4.81. The molecule has 0 spiro atoms. The van der Waals surface area contributed by atoms with E-state index in [1.54, 1.807) is 60.7 Å². The van der Waals surface area contributed by atoms with Crippen LogP contribution in [0.15, 0.2) is 108 Å². The number of nitrogens with one attached hydrogen (secondary N) is 1. The maximum absolute atomic E-state index is 14.5. The number of ether oxygens (including phenoxy) is 1. The van der Waals surface area contributed by atoms with Crippen molar-refractivity contribution in [2.75, 3.05) is 24.5 Å². The molecule has 0 aliphatic rings. The second-order valence-corrected chi connectivity index (χ2v) is 13.8. The Balaban J connectivity index is 1.80. The first-order valence-electron chi connectivity index (χ1n) is 14.8. The van der Waals surface area contributed by atoms with Gasteiger partial charge in [-0.15, -0.1) is 0 Å². The number of para-hydroxylation sites is 1. The number of anilines is 1. The number of halogens is 2. The van der Waals surface area contributed by atoms with E-state index in [9.17, 15) is 18.0 Å². The number of benzene rings is 4. The molecule has 242 valence electrons. The highest BCUT2D eigenvalue weighted by Crippen LogP contribution is 2.28. The fraction of sp³-hybridized carbons (Fsp3) is 0.257. The van der Waals surface area contributed by atoms with Gasteiger partial charge in [-0.2, -0.15) is 0 Å². The molecule has 2 amide bonds. The Hall–Kier alpha value is -4.05. The monoisotopic (exact) mass is 681 g/mol. The van der Waals surface area contributed by atoms with Crippen LogP contribution in [0, 0.1) is 5.92 Å². The smallest absolute Gasteiger partial charge is 0.264 e. The molecular weight excluding hydrogens is 645 g/mol. The van der Waals surface area contributed by atoms with Gasteiger partial charge in [0, 0.05) is 29.6 Å². The summed E-state index contributed by atoms with van der Waals surface area (Å²) in [4.78, 5) is 29.8. The highest BCUT2D eigenvalue weighted by molar-refractivity contribution is 7.92. The second kappa shape index (κ2) is 16.0. The molecule has 0 bridgehead atoms. The standard InChI is InChI=1S/C35H37Cl2N3O5S/c1-25(2)22-38-35(42)33(20-26-10-6-4-7-11-26)39(23-27-14-15-28(36)21-32(27)37)34(41)24-40(29-12-8-5-9-13-29)46(43,44)31-18-16-30(45-3)17-19-31/h4-19,21,25,33H,20,22-24H2,1-3H3,(H,38,42). The summed E-state index contributed by atoms with van der Waals surface area (Å²) >= 11 is 12.7. The van der Waals surface area contributed by atoms with Crippen LogP contribution in [0.3, 0.4) is 0 Å². The average Bonchev–Trinajstić information content (AvgIpc) is 3.05. The van der Waals surface area contributed by atoms with Gasteiger partial charge < -0.3 is 15.0 Å². The minimum Gasteiger partial charge on any atom is -0.497 e. The van der Waals surface area contributed by atoms with Gasteiger partial charge in [-0.1, -0.05) is 91.6 Å². The molecule has 0 aromatic heterocycles.